The van der Waals surface area contributed by atoms with Gasteiger partial charge in [0.2, 0.25) is 0 Å². The second-order valence-electron chi connectivity index (χ2n) is 2.66. The van der Waals surface area contributed by atoms with Crippen LogP contribution in [0.4, 0.5) is 0 Å². The number of amidine groups is 1. The first-order chi connectivity index (χ1) is 6.25. The quantitative estimate of drug-likeness (QED) is 0.722. The molecular weight excluding hydrogens is 186 g/mol. The predicted molar refractivity (Wildman–Crippen MR) is 53.2 cm³/mol. The number of halogens is 1. The van der Waals surface area contributed by atoms with Gasteiger partial charge >= 0.3 is 0 Å². The van der Waals surface area contributed by atoms with E-state index in [9.17, 15) is 0 Å². The lowest BCUT2D eigenvalue weighted by Crippen LogP contribution is -2.04. The molecule has 2 N–H and O–H groups in total. The number of nitrogens with zero attached hydrogens (tertiary/aromatic N) is 2. The van der Waals surface area contributed by atoms with Crippen LogP contribution in [-0.4, -0.2) is 5.84 Å². The van der Waals surface area contributed by atoms with E-state index in [0.717, 1.165) is 11.3 Å². The molecule has 1 radical (unpaired) electrons. The Bertz CT molecular complexity index is 396. The Kier molecular flexibility index (Phi) is 1.94. The molecule has 1 aliphatic rings. The SMILES string of the molecule is NC1=N[N]C(c2cccc(Cl)c2)=C1. The van der Waals surface area contributed by atoms with Crippen molar-refractivity contribution >= 4 is 23.1 Å². The van der Waals surface area contributed by atoms with Crippen molar-refractivity contribution in [1.29, 1.82) is 0 Å². The lowest BCUT2D eigenvalue weighted by Gasteiger charge is -1.99. The Balaban J connectivity index is 2.33. The average molecular weight is 193 g/mol. The van der Waals surface area contributed by atoms with Gasteiger partial charge in [0.15, 0.2) is 0 Å². The van der Waals surface area contributed by atoms with Crippen LogP contribution in [0.5, 0.6) is 0 Å². The van der Waals surface area contributed by atoms with Gasteiger partial charge in [-0.25, -0.2) is 0 Å². The molecule has 1 aromatic rings. The molecule has 2 rings (SSSR count). The van der Waals surface area contributed by atoms with Crippen molar-refractivity contribution in [3.63, 3.8) is 0 Å². The van der Waals surface area contributed by atoms with Gasteiger partial charge in [0.1, 0.15) is 5.84 Å². The van der Waals surface area contributed by atoms with Gasteiger partial charge in [0.05, 0.1) is 5.70 Å². The first-order valence-electron chi connectivity index (χ1n) is 3.77. The van der Waals surface area contributed by atoms with Gasteiger partial charge < -0.3 is 5.73 Å². The maximum atomic E-state index is 5.82. The summed E-state index contributed by atoms with van der Waals surface area (Å²) in [4.78, 5) is 0. The van der Waals surface area contributed by atoms with Gasteiger partial charge in [-0.2, -0.15) is 0 Å². The molecule has 0 spiro atoms. The summed E-state index contributed by atoms with van der Waals surface area (Å²) in [5.74, 6) is 0.426. The highest BCUT2D eigenvalue weighted by Crippen LogP contribution is 2.19. The summed E-state index contributed by atoms with van der Waals surface area (Å²) in [5, 5.41) is 4.39. The van der Waals surface area contributed by atoms with Crippen molar-refractivity contribution in [2.75, 3.05) is 0 Å². The zero-order valence-corrected chi connectivity index (χ0v) is 7.49. The summed E-state index contributed by atoms with van der Waals surface area (Å²) in [6.45, 7) is 0. The summed E-state index contributed by atoms with van der Waals surface area (Å²) < 4.78 is 0. The zero-order chi connectivity index (χ0) is 9.26. The van der Waals surface area contributed by atoms with Crippen molar-refractivity contribution in [3.05, 3.63) is 40.9 Å². The van der Waals surface area contributed by atoms with Gasteiger partial charge in [0, 0.05) is 16.7 Å². The minimum absolute atomic E-state index is 0.426. The smallest absolute Gasteiger partial charge is 0.148 e. The van der Waals surface area contributed by atoms with Crippen LogP contribution >= 0.6 is 11.6 Å². The fourth-order valence-corrected chi connectivity index (χ4v) is 1.29. The van der Waals surface area contributed by atoms with E-state index >= 15 is 0 Å². The van der Waals surface area contributed by atoms with E-state index in [1.54, 1.807) is 6.08 Å². The van der Waals surface area contributed by atoms with Crippen LogP contribution in [0.2, 0.25) is 5.02 Å². The van der Waals surface area contributed by atoms with E-state index in [0.29, 0.717) is 10.9 Å². The Morgan fingerprint density at radius 1 is 1.31 bits per heavy atom. The zero-order valence-electron chi connectivity index (χ0n) is 6.74. The van der Waals surface area contributed by atoms with E-state index in [4.69, 9.17) is 17.3 Å². The van der Waals surface area contributed by atoms with Crippen LogP contribution in [0.3, 0.4) is 0 Å². The minimum atomic E-state index is 0.426. The highest BCUT2D eigenvalue weighted by atomic mass is 35.5. The largest absolute Gasteiger partial charge is 0.382 e. The summed E-state index contributed by atoms with van der Waals surface area (Å²) in [5.41, 5.74) is 11.0. The fourth-order valence-electron chi connectivity index (χ4n) is 1.10. The summed E-state index contributed by atoms with van der Waals surface area (Å²) in [6.07, 6.45) is 1.71. The molecule has 0 unspecified atom stereocenters. The molecule has 0 aromatic heterocycles. The third kappa shape index (κ3) is 1.65. The molecule has 0 atom stereocenters. The van der Waals surface area contributed by atoms with Crippen LogP contribution in [-0.2, 0) is 0 Å². The summed E-state index contributed by atoms with van der Waals surface area (Å²) in [6, 6.07) is 7.41. The molecule has 13 heavy (non-hydrogen) atoms. The molecule has 0 saturated heterocycles. The van der Waals surface area contributed by atoms with Crippen LogP contribution in [0.25, 0.3) is 5.70 Å². The number of hydrogen-bond acceptors (Lipinski definition) is 2. The standard InChI is InChI=1S/C9H7ClN3/c10-7-3-1-2-6(4-7)8-5-9(11)13-12-8/h1-5H,(H2,11,13). The molecule has 1 heterocycles. The topological polar surface area (TPSA) is 52.5 Å². The van der Waals surface area contributed by atoms with Crippen molar-refractivity contribution < 1.29 is 0 Å². The van der Waals surface area contributed by atoms with E-state index in [-0.39, 0.29) is 0 Å². The summed E-state index contributed by atoms with van der Waals surface area (Å²) in [7, 11) is 0. The molecule has 65 valence electrons. The molecule has 1 aliphatic heterocycles. The van der Waals surface area contributed by atoms with Crippen LogP contribution in [0.1, 0.15) is 5.56 Å². The molecular formula is C9H7ClN3. The lowest BCUT2D eigenvalue weighted by molar-refractivity contribution is 0.991. The van der Waals surface area contributed by atoms with Crippen molar-refractivity contribution in [2.45, 2.75) is 0 Å². The maximum absolute atomic E-state index is 5.82. The maximum Gasteiger partial charge on any atom is 0.148 e. The number of rotatable bonds is 1. The molecule has 1 aromatic carbocycles. The van der Waals surface area contributed by atoms with Crippen LogP contribution < -0.4 is 11.2 Å². The van der Waals surface area contributed by atoms with Crippen molar-refractivity contribution in [3.8, 4) is 0 Å². The number of nitrogens with two attached hydrogens (primary N) is 1. The van der Waals surface area contributed by atoms with Crippen molar-refractivity contribution in [2.24, 2.45) is 10.8 Å². The third-order valence-corrected chi connectivity index (χ3v) is 1.91. The first-order valence-corrected chi connectivity index (χ1v) is 4.15. The normalized spacial score (nSPS) is 14.8. The molecule has 0 fully saturated rings. The highest BCUT2D eigenvalue weighted by molar-refractivity contribution is 6.30. The van der Waals surface area contributed by atoms with Gasteiger partial charge in [0.25, 0.3) is 0 Å². The van der Waals surface area contributed by atoms with Gasteiger partial charge in [-0.05, 0) is 12.1 Å². The van der Waals surface area contributed by atoms with Crippen LogP contribution in [0, 0.1) is 0 Å². The monoisotopic (exact) mass is 192 g/mol. The van der Waals surface area contributed by atoms with E-state index in [2.05, 4.69) is 10.5 Å². The number of hydrogen-bond donors (Lipinski definition) is 1. The Labute approximate surface area is 80.9 Å². The van der Waals surface area contributed by atoms with E-state index in [1.807, 2.05) is 24.3 Å². The van der Waals surface area contributed by atoms with Gasteiger partial charge in [-0.3, -0.25) is 0 Å². The van der Waals surface area contributed by atoms with Gasteiger partial charge in [-0.1, -0.05) is 23.7 Å². The van der Waals surface area contributed by atoms with E-state index < -0.39 is 0 Å². The molecule has 0 bridgehead atoms. The first kappa shape index (κ1) is 8.13. The Morgan fingerprint density at radius 2 is 2.15 bits per heavy atom. The predicted octanol–water partition coefficient (Wildman–Crippen LogP) is 1.57. The van der Waals surface area contributed by atoms with E-state index in [1.165, 1.54) is 0 Å². The second-order valence-corrected chi connectivity index (χ2v) is 3.10. The second kappa shape index (κ2) is 3.11. The fraction of sp³-hybridized carbons (Fsp3) is 0. The molecule has 0 amide bonds. The molecule has 4 heteroatoms. The minimum Gasteiger partial charge on any atom is -0.382 e. The highest BCUT2D eigenvalue weighted by Gasteiger charge is 2.09. The Morgan fingerprint density at radius 3 is 2.77 bits per heavy atom. The molecule has 0 saturated carbocycles. The summed E-state index contributed by atoms with van der Waals surface area (Å²) >= 11 is 5.82. The lowest BCUT2D eigenvalue weighted by atomic mass is 10.1. The molecule has 0 aliphatic carbocycles. The third-order valence-electron chi connectivity index (χ3n) is 1.68. The Hall–Kier alpha value is -1.48. The number of benzene rings is 1. The molecule has 3 nitrogen and oxygen atoms in total. The van der Waals surface area contributed by atoms with Gasteiger partial charge in [-0.15, -0.1) is 10.5 Å². The van der Waals surface area contributed by atoms with Crippen LogP contribution in [0.15, 0.2) is 35.4 Å². The average Bonchev–Trinajstić information content (AvgIpc) is 2.52. The van der Waals surface area contributed by atoms with Crippen molar-refractivity contribution in [1.82, 2.24) is 5.43 Å².